The van der Waals surface area contributed by atoms with Crippen LogP contribution in [0, 0.1) is 0 Å². The Hall–Kier alpha value is -2.64. The first-order chi connectivity index (χ1) is 11.2. The van der Waals surface area contributed by atoms with Crippen LogP contribution in [0.4, 0.5) is 4.79 Å². The zero-order chi connectivity index (χ0) is 18.2. The van der Waals surface area contributed by atoms with Crippen molar-refractivity contribution in [2.75, 3.05) is 7.11 Å². The molecule has 0 fully saturated rings. The number of ether oxygens (including phenoxy) is 3. The number of carbonyl (C=O) groups excluding carboxylic acids is 3. The number of hydrogen-bond acceptors (Lipinski definition) is 7. The van der Waals surface area contributed by atoms with Crippen LogP contribution in [0.5, 0.6) is 5.88 Å². The Labute approximate surface area is 140 Å². The molecule has 0 saturated heterocycles. The van der Waals surface area contributed by atoms with Crippen LogP contribution in [-0.2, 0) is 19.1 Å². The highest BCUT2D eigenvalue weighted by molar-refractivity contribution is 5.82. The normalized spacial score (nSPS) is 12.0. The highest BCUT2D eigenvalue weighted by atomic mass is 16.6. The van der Waals surface area contributed by atoms with Gasteiger partial charge in [0.2, 0.25) is 5.88 Å². The SMILES string of the molecule is COC(=O)[C@H](CCC(=O)Oc1ccccn1)NC(=O)OC(C)(C)C. The van der Waals surface area contributed by atoms with Crippen molar-refractivity contribution < 1.29 is 28.6 Å². The first-order valence-corrected chi connectivity index (χ1v) is 7.40. The van der Waals surface area contributed by atoms with Gasteiger partial charge in [-0.15, -0.1) is 0 Å². The summed E-state index contributed by atoms with van der Waals surface area (Å²) >= 11 is 0. The predicted octanol–water partition coefficient (Wildman–Crippen LogP) is 1.83. The monoisotopic (exact) mass is 338 g/mol. The van der Waals surface area contributed by atoms with E-state index in [0.29, 0.717) is 0 Å². The predicted molar refractivity (Wildman–Crippen MR) is 84.3 cm³/mol. The van der Waals surface area contributed by atoms with Gasteiger partial charge in [0.15, 0.2) is 0 Å². The van der Waals surface area contributed by atoms with Crippen LogP contribution in [0.3, 0.4) is 0 Å². The third-order valence-electron chi connectivity index (χ3n) is 2.67. The number of methoxy groups -OCH3 is 1. The third-order valence-corrected chi connectivity index (χ3v) is 2.67. The van der Waals surface area contributed by atoms with E-state index in [0.717, 1.165) is 0 Å². The van der Waals surface area contributed by atoms with Gasteiger partial charge in [-0.2, -0.15) is 0 Å². The fourth-order valence-corrected chi connectivity index (χ4v) is 1.68. The van der Waals surface area contributed by atoms with E-state index in [1.54, 1.807) is 32.9 Å². The summed E-state index contributed by atoms with van der Waals surface area (Å²) in [7, 11) is 1.19. The molecule has 1 N–H and O–H groups in total. The number of pyridine rings is 1. The van der Waals surface area contributed by atoms with Gasteiger partial charge in [-0.25, -0.2) is 14.6 Å². The summed E-state index contributed by atoms with van der Waals surface area (Å²) in [5.74, 6) is -1.09. The van der Waals surface area contributed by atoms with Gasteiger partial charge in [-0.1, -0.05) is 6.07 Å². The number of aromatic nitrogens is 1. The van der Waals surface area contributed by atoms with Crippen molar-refractivity contribution in [1.82, 2.24) is 10.3 Å². The summed E-state index contributed by atoms with van der Waals surface area (Å²) in [6.07, 6.45) is 0.629. The first-order valence-electron chi connectivity index (χ1n) is 7.40. The number of rotatable bonds is 6. The van der Waals surface area contributed by atoms with Crippen molar-refractivity contribution in [3.8, 4) is 5.88 Å². The zero-order valence-corrected chi connectivity index (χ0v) is 14.2. The quantitative estimate of drug-likeness (QED) is 0.789. The van der Waals surface area contributed by atoms with Gasteiger partial charge < -0.3 is 19.5 Å². The maximum atomic E-state index is 11.8. The van der Waals surface area contributed by atoms with Gasteiger partial charge in [-0.3, -0.25) is 4.79 Å². The van der Waals surface area contributed by atoms with E-state index < -0.39 is 29.7 Å². The summed E-state index contributed by atoms with van der Waals surface area (Å²) in [5, 5.41) is 2.38. The first kappa shape index (κ1) is 19.4. The molecule has 1 aromatic heterocycles. The Morgan fingerprint density at radius 1 is 1.25 bits per heavy atom. The Kier molecular flexibility index (Phi) is 7.16. The number of carbonyl (C=O) groups is 3. The van der Waals surface area contributed by atoms with Crippen LogP contribution >= 0.6 is 0 Å². The minimum Gasteiger partial charge on any atom is -0.467 e. The Morgan fingerprint density at radius 2 is 1.96 bits per heavy atom. The van der Waals surface area contributed by atoms with Crippen LogP contribution in [0.1, 0.15) is 33.6 Å². The maximum Gasteiger partial charge on any atom is 0.408 e. The number of nitrogens with zero attached hydrogens (tertiary/aromatic N) is 1. The summed E-state index contributed by atoms with van der Waals surface area (Å²) in [4.78, 5) is 39.1. The molecular formula is C16H22N2O6. The van der Waals surface area contributed by atoms with E-state index in [1.165, 1.54) is 19.4 Å². The maximum absolute atomic E-state index is 11.8. The lowest BCUT2D eigenvalue weighted by atomic mass is 10.1. The van der Waals surface area contributed by atoms with Crippen molar-refractivity contribution in [2.24, 2.45) is 0 Å². The molecule has 1 aromatic rings. The van der Waals surface area contributed by atoms with Crippen molar-refractivity contribution in [1.29, 1.82) is 0 Å². The Morgan fingerprint density at radius 3 is 2.50 bits per heavy atom. The molecule has 0 bridgehead atoms. The number of esters is 2. The lowest BCUT2D eigenvalue weighted by molar-refractivity contribution is -0.143. The van der Waals surface area contributed by atoms with Gasteiger partial charge in [-0.05, 0) is 33.3 Å². The molecule has 132 valence electrons. The standard InChI is InChI=1S/C16H22N2O6/c1-16(2,3)24-15(21)18-11(14(20)22-4)8-9-13(19)23-12-7-5-6-10-17-12/h5-7,10-11H,8-9H2,1-4H3,(H,18,21)/t11-/m0/s1. The minimum absolute atomic E-state index is 0.0115. The number of hydrogen-bond donors (Lipinski definition) is 1. The Balaban J connectivity index is 2.55. The summed E-state index contributed by atoms with van der Waals surface area (Å²) < 4.78 is 14.7. The van der Waals surface area contributed by atoms with E-state index >= 15 is 0 Å². The molecule has 0 unspecified atom stereocenters. The molecule has 1 amide bonds. The van der Waals surface area contributed by atoms with E-state index in [2.05, 4.69) is 15.0 Å². The highest BCUT2D eigenvalue weighted by Gasteiger charge is 2.26. The summed E-state index contributed by atoms with van der Waals surface area (Å²) in [6, 6.07) is 3.89. The average molecular weight is 338 g/mol. The second kappa shape index (κ2) is 8.85. The minimum atomic E-state index is -1.01. The highest BCUT2D eigenvalue weighted by Crippen LogP contribution is 2.10. The second-order valence-corrected chi connectivity index (χ2v) is 5.90. The Bertz CT molecular complexity index is 568. The molecule has 8 heteroatoms. The second-order valence-electron chi connectivity index (χ2n) is 5.90. The van der Waals surface area contributed by atoms with Gasteiger partial charge in [0, 0.05) is 18.7 Å². The number of nitrogens with one attached hydrogen (secondary N) is 1. The fourth-order valence-electron chi connectivity index (χ4n) is 1.68. The van der Waals surface area contributed by atoms with E-state index in [4.69, 9.17) is 9.47 Å². The van der Waals surface area contributed by atoms with E-state index in [9.17, 15) is 14.4 Å². The smallest absolute Gasteiger partial charge is 0.408 e. The molecule has 0 aliphatic heterocycles. The number of alkyl carbamates (subject to hydrolysis) is 1. The van der Waals surface area contributed by atoms with Crippen molar-refractivity contribution in [3.63, 3.8) is 0 Å². The molecule has 0 radical (unpaired) electrons. The van der Waals surface area contributed by atoms with Crippen LogP contribution in [0.2, 0.25) is 0 Å². The zero-order valence-electron chi connectivity index (χ0n) is 14.2. The molecule has 0 aromatic carbocycles. The van der Waals surface area contributed by atoms with Crippen LogP contribution in [0.15, 0.2) is 24.4 Å². The molecule has 24 heavy (non-hydrogen) atoms. The van der Waals surface area contributed by atoms with Crippen LogP contribution in [0.25, 0.3) is 0 Å². The van der Waals surface area contributed by atoms with Crippen LogP contribution in [-0.4, -0.2) is 41.8 Å². The average Bonchev–Trinajstić information content (AvgIpc) is 2.49. The molecule has 0 spiro atoms. The summed E-state index contributed by atoms with van der Waals surface area (Å²) in [6.45, 7) is 5.10. The van der Waals surface area contributed by atoms with E-state index in [1.807, 2.05) is 0 Å². The molecular weight excluding hydrogens is 316 g/mol. The van der Waals surface area contributed by atoms with E-state index in [-0.39, 0.29) is 18.7 Å². The van der Waals surface area contributed by atoms with Gasteiger partial charge >= 0.3 is 18.0 Å². The van der Waals surface area contributed by atoms with Gasteiger partial charge in [0.1, 0.15) is 11.6 Å². The molecule has 0 aliphatic rings. The molecule has 1 atom stereocenters. The molecule has 0 aliphatic carbocycles. The van der Waals surface area contributed by atoms with Gasteiger partial charge in [0.05, 0.1) is 7.11 Å². The molecule has 1 heterocycles. The van der Waals surface area contributed by atoms with Crippen molar-refractivity contribution in [2.45, 2.75) is 45.3 Å². The lowest BCUT2D eigenvalue weighted by Crippen LogP contribution is -2.44. The molecule has 8 nitrogen and oxygen atoms in total. The van der Waals surface area contributed by atoms with Crippen molar-refractivity contribution >= 4 is 18.0 Å². The van der Waals surface area contributed by atoms with Gasteiger partial charge in [0.25, 0.3) is 0 Å². The third kappa shape index (κ3) is 7.57. The topological polar surface area (TPSA) is 104 Å². The largest absolute Gasteiger partial charge is 0.467 e. The number of amides is 1. The van der Waals surface area contributed by atoms with Crippen LogP contribution < -0.4 is 10.1 Å². The summed E-state index contributed by atoms with van der Waals surface area (Å²) in [5.41, 5.74) is -0.706. The molecule has 0 saturated carbocycles. The van der Waals surface area contributed by atoms with Crippen molar-refractivity contribution in [3.05, 3.63) is 24.4 Å². The lowest BCUT2D eigenvalue weighted by Gasteiger charge is -2.22. The fraction of sp³-hybridized carbons (Fsp3) is 0.500. The molecule has 1 rings (SSSR count).